The third-order valence-corrected chi connectivity index (χ3v) is 5.15. The highest BCUT2D eigenvalue weighted by atomic mass is 79.9. The molecule has 4 nitrogen and oxygen atoms in total. The molecule has 0 radical (unpaired) electrons. The van der Waals surface area contributed by atoms with Crippen LogP contribution in [0.15, 0.2) is 4.47 Å². The third kappa shape index (κ3) is 3.20. The molecule has 2 heterocycles. The van der Waals surface area contributed by atoms with E-state index in [0.29, 0.717) is 6.42 Å². The van der Waals surface area contributed by atoms with E-state index in [9.17, 15) is 5.11 Å². The van der Waals surface area contributed by atoms with Crippen molar-refractivity contribution in [2.45, 2.75) is 45.1 Å². The van der Waals surface area contributed by atoms with E-state index in [1.54, 1.807) is 0 Å². The van der Waals surface area contributed by atoms with Gasteiger partial charge in [0.05, 0.1) is 21.5 Å². The van der Waals surface area contributed by atoms with Crippen LogP contribution in [0.2, 0.25) is 0 Å². The molecule has 1 aliphatic heterocycles. The fourth-order valence-corrected chi connectivity index (χ4v) is 3.54. The Morgan fingerprint density at radius 1 is 1.32 bits per heavy atom. The molecule has 1 aromatic heterocycles. The van der Waals surface area contributed by atoms with E-state index >= 15 is 0 Å². The quantitative estimate of drug-likeness (QED) is 0.920. The minimum absolute atomic E-state index is 0.576. The van der Waals surface area contributed by atoms with Crippen molar-refractivity contribution >= 4 is 15.9 Å². The number of aliphatic hydroxyl groups is 1. The molecule has 0 unspecified atom stereocenters. The number of likely N-dealkylation sites (tertiary alicyclic amines) is 1. The molecule has 0 bridgehead atoms. The third-order valence-electron chi connectivity index (χ3n) is 4.23. The molecule has 0 saturated carbocycles. The number of hydrogen-bond acceptors (Lipinski definition) is 3. The van der Waals surface area contributed by atoms with Gasteiger partial charge in [-0.25, -0.2) is 0 Å². The van der Waals surface area contributed by atoms with Gasteiger partial charge in [-0.05, 0) is 41.7 Å². The van der Waals surface area contributed by atoms with Crippen LogP contribution < -0.4 is 0 Å². The predicted octanol–water partition coefficient (Wildman–Crippen LogP) is 2.13. The van der Waals surface area contributed by atoms with Gasteiger partial charge in [0, 0.05) is 26.6 Å². The Labute approximate surface area is 123 Å². The van der Waals surface area contributed by atoms with E-state index in [4.69, 9.17) is 0 Å². The van der Waals surface area contributed by atoms with Gasteiger partial charge >= 0.3 is 0 Å². The average Bonchev–Trinajstić information content (AvgIpc) is 2.67. The lowest BCUT2D eigenvalue weighted by Gasteiger charge is -2.37. The largest absolute Gasteiger partial charge is 0.389 e. The van der Waals surface area contributed by atoms with Crippen molar-refractivity contribution in [1.82, 2.24) is 14.7 Å². The first-order chi connectivity index (χ1) is 8.99. The normalized spacial score (nSPS) is 19.8. The lowest BCUT2D eigenvalue weighted by Crippen LogP contribution is -2.45. The lowest BCUT2D eigenvalue weighted by atomic mass is 9.87. The summed E-state index contributed by atoms with van der Waals surface area (Å²) in [6, 6.07) is 0. The molecule has 0 atom stereocenters. The van der Waals surface area contributed by atoms with Crippen LogP contribution in [0.1, 0.15) is 38.1 Å². The van der Waals surface area contributed by atoms with E-state index in [2.05, 4.69) is 39.8 Å². The maximum atomic E-state index is 10.8. The molecular weight excluding hydrogens is 306 g/mol. The molecule has 1 N–H and O–H groups in total. The van der Waals surface area contributed by atoms with Gasteiger partial charge in [0.15, 0.2) is 0 Å². The number of hydrogen-bond donors (Lipinski definition) is 1. The highest BCUT2D eigenvalue weighted by molar-refractivity contribution is 9.10. The Balaban J connectivity index is 2.11. The summed E-state index contributed by atoms with van der Waals surface area (Å²) in [6.45, 7) is 7.33. The highest BCUT2D eigenvalue weighted by Crippen LogP contribution is 2.30. The number of aromatic nitrogens is 2. The minimum Gasteiger partial charge on any atom is -0.389 e. The Hall–Kier alpha value is -0.390. The maximum absolute atomic E-state index is 10.8. The number of rotatable bonds is 4. The molecular formula is C14H24BrN3O. The molecule has 1 aliphatic rings. The molecule has 1 aromatic rings. The molecule has 0 aliphatic carbocycles. The van der Waals surface area contributed by atoms with Crippen LogP contribution in [0.5, 0.6) is 0 Å². The van der Waals surface area contributed by atoms with Gasteiger partial charge in [0.25, 0.3) is 0 Å². The van der Waals surface area contributed by atoms with Crippen LogP contribution in [0.25, 0.3) is 0 Å². The summed E-state index contributed by atoms with van der Waals surface area (Å²) < 4.78 is 2.98. The van der Waals surface area contributed by atoms with E-state index in [1.807, 2.05) is 11.7 Å². The smallest absolute Gasteiger partial charge is 0.0766 e. The highest BCUT2D eigenvalue weighted by Gasteiger charge is 2.33. The molecule has 0 aromatic carbocycles. The average molecular weight is 330 g/mol. The number of nitrogens with zero attached hydrogens (tertiary/aromatic N) is 3. The number of piperidine rings is 1. The zero-order valence-electron chi connectivity index (χ0n) is 12.1. The molecule has 5 heteroatoms. The molecule has 108 valence electrons. The van der Waals surface area contributed by atoms with E-state index in [-0.39, 0.29) is 0 Å². The second-order valence-corrected chi connectivity index (χ2v) is 6.31. The number of aryl methyl sites for hydroxylation is 2. The van der Waals surface area contributed by atoms with Crippen LogP contribution in [-0.2, 0) is 19.9 Å². The second-order valence-electron chi connectivity index (χ2n) is 5.52. The van der Waals surface area contributed by atoms with Crippen molar-refractivity contribution in [1.29, 1.82) is 0 Å². The fourth-order valence-electron chi connectivity index (χ4n) is 2.79. The molecule has 0 amide bonds. The SMILES string of the molecule is CCc1nn(C)c(CC2(O)CCN(CC)CC2)c1Br. The first-order valence-electron chi connectivity index (χ1n) is 7.14. The van der Waals surface area contributed by atoms with Gasteiger partial charge < -0.3 is 10.0 Å². The summed E-state index contributed by atoms with van der Waals surface area (Å²) in [7, 11) is 1.96. The molecule has 1 fully saturated rings. The summed E-state index contributed by atoms with van der Waals surface area (Å²) in [6.07, 6.45) is 3.30. The van der Waals surface area contributed by atoms with Gasteiger partial charge in [-0.1, -0.05) is 13.8 Å². The number of halogens is 1. The standard InChI is InChI=1S/C14H24BrN3O/c1-4-11-13(15)12(17(3)16-11)10-14(19)6-8-18(5-2)9-7-14/h19H,4-10H2,1-3H3. The monoisotopic (exact) mass is 329 g/mol. The molecule has 0 spiro atoms. The van der Waals surface area contributed by atoms with Crippen molar-refractivity contribution in [2.75, 3.05) is 19.6 Å². The Bertz CT molecular complexity index is 436. The summed E-state index contributed by atoms with van der Waals surface area (Å²) in [5.74, 6) is 0. The zero-order valence-corrected chi connectivity index (χ0v) is 13.7. The van der Waals surface area contributed by atoms with Gasteiger partial charge in [-0.3, -0.25) is 4.68 Å². The van der Waals surface area contributed by atoms with Crippen molar-refractivity contribution in [3.05, 3.63) is 15.9 Å². The first kappa shape index (κ1) is 15.0. The second kappa shape index (κ2) is 5.94. The summed E-state index contributed by atoms with van der Waals surface area (Å²) in [5, 5.41) is 15.3. The van der Waals surface area contributed by atoms with Gasteiger partial charge in [0.2, 0.25) is 0 Å². The van der Waals surface area contributed by atoms with Crippen molar-refractivity contribution < 1.29 is 5.11 Å². The maximum Gasteiger partial charge on any atom is 0.0766 e. The Morgan fingerprint density at radius 3 is 2.42 bits per heavy atom. The lowest BCUT2D eigenvalue weighted by molar-refractivity contribution is -0.0208. The summed E-state index contributed by atoms with van der Waals surface area (Å²) >= 11 is 3.63. The van der Waals surface area contributed by atoms with Crippen LogP contribution in [0.3, 0.4) is 0 Å². The predicted molar refractivity (Wildman–Crippen MR) is 80.3 cm³/mol. The van der Waals surface area contributed by atoms with Crippen molar-refractivity contribution in [2.24, 2.45) is 7.05 Å². The van der Waals surface area contributed by atoms with E-state index < -0.39 is 5.60 Å². The molecule has 2 rings (SSSR count). The van der Waals surface area contributed by atoms with Gasteiger partial charge in [0.1, 0.15) is 0 Å². The van der Waals surface area contributed by atoms with Crippen LogP contribution in [-0.4, -0.2) is 45.0 Å². The van der Waals surface area contributed by atoms with Gasteiger partial charge in [-0.15, -0.1) is 0 Å². The topological polar surface area (TPSA) is 41.3 Å². The molecule has 1 saturated heterocycles. The van der Waals surface area contributed by atoms with E-state index in [0.717, 1.165) is 54.8 Å². The Morgan fingerprint density at radius 2 is 1.95 bits per heavy atom. The molecule has 19 heavy (non-hydrogen) atoms. The van der Waals surface area contributed by atoms with Crippen LogP contribution >= 0.6 is 15.9 Å². The first-order valence-corrected chi connectivity index (χ1v) is 7.93. The van der Waals surface area contributed by atoms with Crippen LogP contribution in [0.4, 0.5) is 0 Å². The minimum atomic E-state index is -0.576. The summed E-state index contributed by atoms with van der Waals surface area (Å²) in [5.41, 5.74) is 1.61. The van der Waals surface area contributed by atoms with Gasteiger partial charge in [-0.2, -0.15) is 5.10 Å². The summed E-state index contributed by atoms with van der Waals surface area (Å²) in [4.78, 5) is 2.39. The Kier molecular flexibility index (Phi) is 4.69. The van der Waals surface area contributed by atoms with Crippen LogP contribution in [0, 0.1) is 0 Å². The fraction of sp³-hybridized carbons (Fsp3) is 0.786. The zero-order chi connectivity index (χ0) is 14.0. The van der Waals surface area contributed by atoms with Crippen molar-refractivity contribution in [3.63, 3.8) is 0 Å². The van der Waals surface area contributed by atoms with Crippen molar-refractivity contribution in [3.8, 4) is 0 Å². The van der Waals surface area contributed by atoms with E-state index in [1.165, 1.54) is 0 Å².